The van der Waals surface area contributed by atoms with E-state index in [1.54, 1.807) is 41.1 Å². The van der Waals surface area contributed by atoms with Crippen LogP contribution in [0.15, 0.2) is 29.3 Å². The van der Waals surface area contributed by atoms with Gasteiger partial charge < -0.3 is 5.32 Å². The van der Waals surface area contributed by atoms with Crippen molar-refractivity contribution in [2.45, 2.75) is 19.5 Å². The van der Waals surface area contributed by atoms with E-state index < -0.39 is 0 Å². The number of amides is 1. The average molecular weight is 347 g/mol. The van der Waals surface area contributed by atoms with Gasteiger partial charge in [0.25, 0.3) is 0 Å². The number of halogens is 2. The lowest BCUT2D eigenvalue weighted by molar-refractivity contribution is -0.124. The van der Waals surface area contributed by atoms with E-state index in [1.807, 2.05) is 0 Å². The maximum absolute atomic E-state index is 11.9. The van der Waals surface area contributed by atoms with Crippen LogP contribution in [0.5, 0.6) is 0 Å². The highest BCUT2D eigenvalue weighted by molar-refractivity contribution is 9.10. The Morgan fingerprint density at radius 2 is 2.26 bits per heavy atom. The molecule has 19 heavy (non-hydrogen) atoms. The van der Waals surface area contributed by atoms with Crippen molar-refractivity contribution in [1.82, 2.24) is 24.9 Å². The fourth-order valence-corrected chi connectivity index (χ4v) is 2.01. The molecule has 6 nitrogen and oxygen atoms in total. The Morgan fingerprint density at radius 1 is 1.47 bits per heavy atom. The summed E-state index contributed by atoms with van der Waals surface area (Å²) >= 11 is 9.04. The van der Waals surface area contributed by atoms with Crippen molar-refractivity contribution < 1.29 is 4.79 Å². The number of hydrogen-bond donors (Lipinski definition) is 1. The standard InChI is InChI=1S/C11H13BrClN5O/c1-8(18-6-9(12)4-16-18)11(19)14-2-3-17-7-10(13)5-15-17/h4-8H,2-3H2,1H3,(H,14,19). The maximum atomic E-state index is 11.9. The molecule has 1 amide bonds. The highest BCUT2D eigenvalue weighted by atomic mass is 79.9. The van der Waals surface area contributed by atoms with Crippen molar-refractivity contribution in [3.05, 3.63) is 34.3 Å². The molecule has 1 unspecified atom stereocenters. The van der Waals surface area contributed by atoms with Crippen LogP contribution >= 0.6 is 27.5 Å². The van der Waals surface area contributed by atoms with Gasteiger partial charge in [0, 0.05) is 18.9 Å². The molecular weight excluding hydrogens is 334 g/mol. The minimum absolute atomic E-state index is 0.0890. The molecule has 0 fully saturated rings. The normalized spacial score (nSPS) is 12.4. The third-order valence-corrected chi connectivity index (χ3v) is 3.19. The predicted octanol–water partition coefficient (Wildman–Crippen LogP) is 1.87. The lowest BCUT2D eigenvalue weighted by Crippen LogP contribution is -2.33. The van der Waals surface area contributed by atoms with Gasteiger partial charge in [0.15, 0.2) is 0 Å². The molecule has 0 aliphatic heterocycles. The van der Waals surface area contributed by atoms with E-state index >= 15 is 0 Å². The summed E-state index contributed by atoms with van der Waals surface area (Å²) in [6, 6.07) is -0.354. The topological polar surface area (TPSA) is 64.7 Å². The van der Waals surface area contributed by atoms with Crippen molar-refractivity contribution >= 4 is 33.4 Å². The van der Waals surface area contributed by atoms with Gasteiger partial charge in [0.1, 0.15) is 6.04 Å². The summed E-state index contributed by atoms with van der Waals surface area (Å²) < 4.78 is 4.13. The Kier molecular flexibility index (Phi) is 4.60. The van der Waals surface area contributed by atoms with Gasteiger partial charge in [0.2, 0.25) is 5.91 Å². The number of aromatic nitrogens is 4. The highest BCUT2D eigenvalue weighted by Crippen LogP contribution is 2.11. The Labute approximate surface area is 123 Å². The van der Waals surface area contributed by atoms with Crippen molar-refractivity contribution in [1.29, 1.82) is 0 Å². The molecule has 0 aliphatic carbocycles. The molecule has 2 aromatic heterocycles. The molecule has 0 spiro atoms. The van der Waals surface area contributed by atoms with Gasteiger partial charge in [-0.05, 0) is 22.9 Å². The van der Waals surface area contributed by atoms with E-state index in [0.29, 0.717) is 18.1 Å². The zero-order valence-corrected chi connectivity index (χ0v) is 12.6. The van der Waals surface area contributed by atoms with Gasteiger partial charge in [-0.15, -0.1) is 0 Å². The summed E-state index contributed by atoms with van der Waals surface area (Å²) in [6.45, 7) is 2.86. The van der Waals surface area contributed by atoms with Crippen molar-refractivity contribution in [3.8, 4) is 0 Å². The third kappa shape index (κ3) is 3.81. The van der Waals surface area contributed by atoms with Crippen molar-refractivity contribution in [3.63, 3.8) is 0 Å². The molecular formula is C11H13BrClN5O. The minimum Gasteiger partial charge on any atom is -0.352 e. The summed E-state index contributed by atoms with van der Waals surface area (Å²) in [4.78, 5) is 11.9. The SMILES string of the molecule is CC(C(=O)NCCn1cc(Cl)cn1)n1cc(Br)cn1. The second-order valence-electron chi connectivity index (χ2n) is 4.03. The largest absolute Gasteiger partial charge is 0.352 e. The average Bonchev–Trinajstić information content (AvgIpc) is 2.97. The number of nitrogens with zero attached hydrogens (tertiary/aromatic N) is 4. The number of hydrogen-bond acceptors (Lipinski definition) is 3. The van der Waals surface area contributed by atoms with Crippen LogP contribution in [0, 0.1) is 0 Å². The van der Waals surface area contributed by atoms with E-state index in [0.717, 1.165) is 4.47 Å². The molecule has 0 radical (unpaired) electrons. The first-order valence-corrected chi connectivity index (χ1v) is 6.88. The summed E-state index contributed by atoms with van der Waals surface area (Å²) in [7, 11) is 0. The van der Waals surface area contributed by atoms with Crippen LogP contribution < -0.4 is 5.32 Å². The Morgan fingerprint density at radius 3 is 2.84 bits per heavy atom. The lowest BCUT2D eigenvalue weighted by Gasteiger charge is -2.12. The molecule has 2 rings (SSSR count). The first kappa shape index (κ1) is 14.1. The third-order valence-electron chi connectivity index (χ3n) is 2.59. The summed E-state index contributed by atoms with van der Waals surface area (Å²) in [5.74, 6) is -0.0890. The van der Waals surface area contributed by atoms with Crippen LogP contribution in [-0.2, 0) is 11.3 Å². The molecule has 1 N–H and O–H groups in total. The zero-order chi connectivity index (χ0) is 13.8. The van der Waals surface area contributed by atoms with Crippen LogP contribution in [0.3, 0.4) is 0 Å². The van der Waals surface area contributed by atoms with E-state index in [4.69, 9.17) is 11.6 Å². The van der Waals surface area contributed by atoms with E-state index in [-0.39, 0.29) is 11.9 Å². The summed E-state index contributed by atoms with van der Waals surface area (Å²) in [5.41, 5.74) is 0. The fourth-order valence-electron chi connectivity index (χ4n) is 1.55. The molecule has 102 valence electrons. The summed E-state index contributed by atoms with van der Waals surface area (Å²) in [5, 5.41) is 11.5. The number of rotatable bonds is 5. The molecule has 0 saturated carbocycles. The zero-order valence-electron chi connectivity index (χ0n) is 10.3. The van der Waals surface area contributed by atoms with Crippen LogP contribution in [0.4, 0.5) is 0 Å². The number of carbonyl (C=O) groups is 1. The Hall–Kier alpha value is -1.34. The van der Waals surface area contributed by atoms with Gasteiger partial charge in [-0.25, -0.2) is 0 Å². The van der Waals surface area contributed by atoms with Gasteiger partial charge in [-0.3, -0.25) is 14.2 Å². The van der Waals surface area contributed by atoms with Crippen LogP contribution in [0.25, 0.3) is 0 Å². The van der Waals surface area contributed by atoms with E-state index in [1.165, 1.54) is 0 Å². The van der Waals surface area contributed by atoms with Gasteiger partial charge in [-0.1, -0.05) is 11.6 Å². The summed E-state index contributed by atoms with van der Waals surface area (Å²) in [6.07, 6.45) is 6.68. The molecule has 0 bridgehead atoms. The molecule has 2 heterocycles. The molecule has 0 saturated heterocycles. The van der Waals surface area contributed by atoms with Gasteiger partial charge in [-0.2, -0.15) is 10.2 Å². The number of nitrogens with one attached hydrogen (secondary N) is 1. The first-order chi connectivity index (χ1) is 9.06. The molecule has 0 aliphatic rings. The van der Waals surface area contributed by atoms with Gasteiger partial charge >= 0.3 is 0 Å². The Balaban J connectivity index is 1.81. The smallest absolute Gasteiger partial charge is 0.244 e. The fraction of sp³-hybridized carbons (Fsp3) is 0.364. The monoisotopic (exact) mass is 345 g/mol. The molecule has 1 atom stereocenters. The molecule has 0 aromatic carbocycles. The lowest BCUT2D eigenvalue weighted by atomic mass is 10.3. The maximum Gasteiger partial charge on any atom is 0.244 e. The second kappa shape index (κ2) is 6.21. The van der Waals surface area contributed by atoms with E-state index in [2.05, 4.69) is 31.4 Å². The molecule has 2 aromatic rings. The predicted molar refractivity (Wildman–Crippen MR) is 74.9 cm³/mol. The van der Waals surface area contributed by atoms with Gasteiger partial charge in [0.05, 0.1) is 28.4 Å². The minimum atomic E-state index is -0.354. The highest BCUT2D eigenvalue weighted by Gasteiger charge is 2.14. The van der Waals surface area contributed by atoms with Crippen molar-refractivity contribution in [2.75, 3.05) is 6.54 Å². The van der Waals surface area contributed by atoms with E-state index in [9.17, 15) is 4.79 Å². The first-order valence-electron chi connectivity index (χ1n) is 5.71. The molecule has 8 heteroatoms. The second-order valence-corrected chi connectivity index (χ2v) is 5.38. The van der Waals surface area contributed by atoms with Crippen molar-refractivity contribution in [2.24, 2.45) is 0 Å². The van der Waals surface area contributed by atoms with Crippen LogP contribution in [-0.4, -0.2) is 32.0 Å². The van der Waals surface area contributed by atoms with Crippen LogP contribution in [0.1, 0.15) is 13.0 Å². The van der Waals surface area contributed by atoms with Crippen LogP contribution in [0.2, 0.25) is 5.02 Å². The number of carbonyl (C=O) groups excluding carboxylic acids is 1. The Bertz CT molecular complexity index is 567. The quantitative estimate of drug-likeness (QED) is 0.899.